The van der Waals surface area contributed by atoms with Gasteiger partial charge in [-0.2, -0.15) is 0 Å². The van der Waals surface area contributed by atoms with Gasteiger partial charge in [-0.3, -0.25) is 0 Å². The van der Waals surface area contributed by atoms with Crippen molar-refractivity contribution in [2.75, 3.05) is 19.5 Å². The Hall–Kier alpha value is 1.45. The standard InChI is InChI=1S/C7H14BF3N.K/c1-7(2)3-4-12(5-7)6-8(9,10)11;/h3-6H2,1-2H3;/q-1;+1. The van der Waals surface area contributed by atoms with Crippen LogP contribution in [0.2, 0.25) is 0 Å². The van der Waals surface area contributed by atoms with Crippen LogP contribution >= 0.6 is 0 Å². The molecule has 72 valence electrons. The zero-order valence-corrected chi connectivity index (χ0v) is 11.6. The van der Waals surface area contributed by atoms with Crippen LogP contribution in [0.3, 0.4) is 0 Å². The van der Waals surface area contributed by atoms with Crippen molar-refractivity contribution in [2.45, 2.75) is 20.3 Å². The molecule has 1 aliphatic heterocycles. The normalized spacial score (nSPS) is 22.8. The van der Waals surface area contributed by atoms with Crippen molar-refractivity contribution in [2.24, 2.45) is 5.41 Å². The third-order valence-corrected chi connectivity index (χ3v) is 2.22. The van der Waals surface area contributed by atoms with E-state index in [1.807, 2.05) is 13.8 Å². The van der Waals surface area contributed by atoms with Crippen molar-refractivity contribution < 1.29 is 64.3 Å². The molecule has 0 saturated carbocycles. The monoisotopic (exact) mass is 219 g/mol. The van der Waals surface area contributed by atoms with Gasteiger partial charge in [0, 0.05) is 6.54 Å². The second-order valence-electron chi connectivity index (χ2n) is 4.36. The number of halogens is 3. The van der Waals surface area contributed by atoms with Gasteiger partial charge in [0.15, 0.2) is 0 Å². The Bertz CT molecular complexity index is 172. The van der Waals surface area contributed by atoms with Crippen LogP contribution in [0.15, 0.2) is 0 Å². The molecule has 1 fully saturated rings. The van der Waals surface area contributed by atoms with Gasteiger partial charge in [0.2, 0.25) is 0 Å². The van der Waals surface area contributed by atoms with E-state index >= 15 is 0 Å². The molecule has 0 aliphatic carbocycles. The Morgan fingerprint density at radius 2 is 1.85 bits per heavy atom. The zero-order chi connectivity index (χ0) is 9.41. The molecule has 0 bridgehead atoms. The number of nitrogens with zero attached hydrogens (tertiary/aromatic N) is 1. The number of hydrogen-bond acceptors (Lipinski definition) is 1. The topological polar surface area (TPSA) is 3.24 Å². The second kappa shape index (κ2) is 4.99. The molecule has 0 aromatic rings. The Morgan fingerprint density at radius 3 is 2.15 bits per heavy atom. The van der Waals surface area contributed by atoms with Crippen LogP contribution in [-0.2, 0) is 0 Å². The van der Waals surface area contributed by atoms with E-state index in [2.05, 4.69) is 0 Å². The molecule has 0 radical (unpaired) electrons. The van der Waals surface area contributed by atoms with Crippen molar-refractivity contribution in [3.8, 4) is 0 Å². The fourth-order valence-electron chi connectivity index (χ4n) is 1.67. The van der Waals surface area contributed by atoms with E-state index in [-0.39, 0.29) is 56.8 Å². The molecule has 1 heterocycles. The van der Waals surface area contributed by atoms with Crippen LogP contribution in [0.4, 0.5) is 12.9 Å². The molecular weight excluding hydrogens is 205 g/mol. The summed E-state index contributed by atoms with van der Waals surface area (Å²) >= 11 is 0. The van der Waals surface area contributed by atoms with E-state index in [9.17, 15) is 12.9 Å². The Kier molecular flexibility index (Phi) is 5.54. The van der Waals surface area contributed by atoms with Crippen LogP contribution in [0.25, 0.3) is 0 Å². The van der Waals surface area contributed by atoms with E-state index in [0.717, 1.165) is 6.42 Å². The molecule has 6 heteroatoms. The second-order valence-corrected chi connectivity index (χ2v) is 4.36. The van der Waals surface area contributed by atoms with Crippen molar-refractivity contribution in [1.82, 2.24) is 4.90 Å². The predicted molar refractivity (Wildman–Crippen MR) is 43.9 cm³/mol. The third-order valence-electron chi connectivity index (χ3n) is 2.22. The van der Waals surface area contributed by atoms with Crippen LogP contribution in [0, 0.1) is 5.41 Å². The first kappa shape index (κ1) is 14.5. The van der Waals surface area contributed by atoms with Gasteiger partial charge in [-0.25, -0.2) is 0 Å². The minimum Gasteiger partial charge on any atom is -0.448 e. The first-order valence-corrected chi connectivity index (χ1v) is 4.22. The van der Waals surface area contributed by atoms with Crippen LogP contribution < -0.4 is 51.4 Å². The molecule has 1 nitrogen and oxygen atoms in total. The van der Waals surface area contributed by atoms with Gasteiger partial charge in [-0.15, -0.1) is 0 Å². The van der Waals surface area contributed by atoms with Gasteiger partial charge in [-0.05, 0) is 24.8 Å². The quantitative estimate of drug-likeness (QED) is 0.544. The summed E-state index contributed by atoms with van der Waals surface area (Å²) < 4.78 is 35.9. The summed E-state index contributed by atoms with van der Waals surface area (Å²) in [7, 11) is 0. The van der Waals surface area contributed by atoms with E-state index < -0.39 is 13.4 Å². The van der Waals surface area contributed by atoms with Crippen LogP contribution in [0.5, 0.6) is 0 Å². The maximum absolute atomic E-state index is 12.0. The van der Waals surface area contributed by atoms with Crippen molar-refractivity contribution in [3.63, 3.8) is 0 Å². The van der Waals surface area contributed by atoms with Gasteiger partial charge >= 0.3 is 58.4 Å². The Morgan fingerprint density at radius 1 is 1.31 bits per heavy atom. The maximum atomic E-state index is 12.0. The maximum Gasteiger partial charge on any atom is 1.00 e. The molecule has 1 aliphatic rings. The molecule has 0 aromatic heterocycles. The molecule has 1 saturated heterocycles. The fourth-order valence-corrected chi connectivity index (χ4v) is 1.67. The molecule has 0 spiro atoms. The average Bonchev–Trinajstić information content (AvgIpc) is 2.05. The van der Waals surface area contributed by atoms with Gasteiger partial charge in [0.25, 0.3) is 0 Å². The largest absolute Gasteiger partial charge is 1.00 e. The van der Waals surface area contributed by atoms with Gasteiger partial charge in [0.1, 0.15) is 0 Å². The Labute approximate surface area is 120 Å². The number of rotatable bonds is 2. The van der Waals surface area contributed by atoms with Gasteiger partial charge in [-0.1, -0.05) is 13.8 Å². The number of likely N-dealkylation sites (tertiary alicyclic amines) is 1. The third kappa shape index (κ3) is 5.79. The first-order chi connectivity index (χ1) is 5.29. The molecular formula is C7H14BF3KN. The van der Waals surface area contributed by atoms with Crippen molar-refractivity contribution in [1.29, 1.82) is 0 Å². The molecule has 13 heavy (non-hydrogen) atoms. The smallest absolute Gasteiger partial charge is 0.448 e. The van der Waals surface area contributed by atoms with Crippen molar-refractivity contribution >= 4 is 6.98 Å². The van der Waals surface area contributed by atoms with E-state index in [4.69, 9.17) is 0 Å². The van der Waals surface area contributed by atoms with Crippen LogP contribution in [0.1, 0.15) is 20.3 Å². The molecule has 0 aromatic carbocycles. The van der Waals surface area contributed by atoms with Crippen molar-refractivity contribution in [3.05, 3.63) is 0 Å². The SMILES string of the molecule is CC1(C)CCN(C[B-](F)(F)F)C1.[K+]. The van der Waals surface area contributed by atoms with Gasteiger partial charge < -0.3 is 17.8 Å². The minimum absolute atomic E-state index is 0. The summed E-state index contributed by atoms with van der Waals surface area (Å²) in [6, 6.07) is 0. The average molecular weight is 219 g/mol. The molecule has 1 rings (SSSR count). The minimum atomic E-state index is -4.63. The van der Waals surface area contributed by atoms with E-state index in [0.29, 0.717) is 13.1 Å². The molecule has 0 unspecified atom stereocenters. The van der Waals surface area contributed by atoms with E-state index in [1.165, 1.54) is 4.90 Å². The molecule has 0 atom stereocenters. The van der Waals surface area contributed by atoms with Gasteiger partial charge in [0.05, 0.1) is 0 Å². The Balaban J connectivity index is 0.00000144. The number of hydrogen-bond donors (Lipinski definition) is 0. The van der Waals surface area contributed by atoms with Crippen LogP contribution in [-0.4, -0.2) is 31.4 Å². The summed E-state index contributed by atoms with van der Waals surface area (Å²) in [5.41, 5.74) is 0.0708. The summed E-state index contributed by atoms with van der Waals surface area (Å²) in [4.78, 5) is 1.50. The molecule has 0 N–H and O–H groups in total. The summed E-state index contributed by atoms with van der Waals surface area (Å²) in [6.45, 7) is 0.556. The summed E-state index contributed by atoms with van der Waals surface area (Å²) in [5, 5.41) is 0. The molecule has 0 amide bonds. The van der Waals surface area contributed by atoms with E-state index in [1.54, 1.807) is 0 Å². The summed E-state index contributed by atoms with van der Waals surface area (Å²) in [6.07, 6.45) is 0.183. The zero-order valence-electron chi connectivity index (χ0n) is 8.49. The first-order valence-electron chi connectivity index (χ1n) is 4.22. The predicted octanol–water partition coefficient (Wildman–Crippen LogP) is -0.891. The fraction of sp³-hybridized carbons (Fsp3) is 1.00. The summed E-state index contributed by atoms with van der Waals surface area (Å²) in [5.74, 6) is 0.